The van der Waals surface area contributed by atoms with Crippen LogP contribution >= 0.6 is 0 Å². The minimum absolute atomic E-state index is 0.132. The number of aliphatic hydroxyl groups excluding tert-OH is 2. The lowest BCUT2D eigenvalue weighted by Crippen LogP contribution is -2.29. The number of aliphatic hydroxyl groups is 2. The second-order valence-electron chi connectivity index (χ2n) is 5.44. The molecular formula is C15H32O2. The summed E-state index contributed by atoms with van der Waals surface area (Å²) in [6.45, 7) is 4.62. The first-order valence-corrected chi connectivity index (χ1v) is 7.46. The molecule has 0 aliphatic heterocycles. The molecule has 0 aromatic carbocycles. The maximum atomic E-state index is 9.42. The molecule has 0 rings (SSSR count). The van der Waals surface area contributed by atoms with Crippen molar-refractivity contribution in [2.75, 3.05) is 13.2 Å². The topological polar surface area (TPSA) is 40.5 Å². The summed E-state index contributed by atoms with van der Waals surface area (Å²) >= 11 is 0. The zero-order valence-electron chi connectivity index (χ0n) is 11.9. The van der Waals surface area contributed by atoms with E-state index in [9.17, 15) is 10.2 Å². The van der Waals surface area contributed by atoms with Gasteiger partial charge in [-0.25, -0.2) is 0 Å². The highest BCUT2D eigenvalue weighted by Gasteiger charge is 2.26. The van der Waals surface area contributed by atoms with Gasteiger partial charge in [0, 0.05) is 5.41 Å². The van der Waals surface area contributed by atoms with Crippen molar-refractivity contribution in [1.82, 2.24) is 0 Å². The molecule has 0 radical (unpaired) electrons. The van der Waals surface area contributed by atoms with E-state index in [-0.39, 0.29) is 18.6 Å². The molecule has 0 aliphatic carbocycles. The summed E-state index contributed by atoms with van der Waals surface area (Å²) < 4.78 is 0. The van der Waals surface area contributed by atoms with E-state index in [4.69, 9.17) is 0 Å². The fourth-order valence-electron chi connectivity index (χ4n) is 2.48. The number of hydrogen-bond donors (Lipinski definition) is 2. The first-order chi connectivity index (χ1) is 8.24. The van der Waals surface area contributed by atoms with E-state index in [1.807, 2.05) is 0 Å². The van der Waals surface area contributed by atoms with E-state index in [1.165, 1.54) is 38.5 Å². The summed E-state index contributed by atoms with van der Waals surface area (Å²) in [5.41, 5.74) is -0.210. The molecule has 2 N–H and O–H groups in total. The molecule has 104 valence electrons. The van der Waals surface area contributed by atoms with Gasteiger partial charge in [-0.2, -0.15) is 0 Å². The molecule has 0 aromatic heterocycles. The highest BCUT2D eigenvalue weighted by Crippen LogP contribution is 2.29. The minimum Gasteiger partial charge on any atom is -0.396 e. The van der Waals surface area contributed by atoms with Gasteiger partial charge in [0.25, 0.3) is 0 Å². The van der Waals surface area contributed by atoms with Gasteiger partial charge in [-0.3, -0.25) is 0 Å². The Balaban J connectivity index is 3.61. The van der Waals surface area contributed by atoms with Crippen LogP contribution < -0.4 is 0 Å². The molecule has 2 heteroatoms. The maximum absolute atomic E-state index is 9.42. The standard InChI is InChI=1S/C15H32O2/c1-3-5-6-7-8-9-10-12-15(13-16,14-17)11-4-2/h16-17H,3-14H2,1-2H3. The lowest BCUT2D eigenvalue weighted by atomic mass is 9.80. The zero-order valence-corrected chi connectivity index (χ0v) is 11.9. The third kappa shape index (κ3) is 7.77. The Morgan fingerprint density at radius 2 is 1.18 bits per heavy atom. The van der Waals surface area contributed by atoms with Crippen molar-refractivity contribution < 1.29 is 10.2 Å². The molecule has 2 nitrogen and oxygen atoms in total. The first-order valence-electron chi connectivity index (χ1n) is 7.46. The Kier molecular flexibility index (Phi) is 11.0. The summed E-state index contributed by atoms with van der Waals surface area (Å²) in [6.07, 6.45) is 12.0. The molecule has 0 bridgehead atoms. The predicted molar refractivity (Wildman–Crippen MR) is 74.1 cm³/mol. The van der Waals surface area contributed by atoms with E-state index < -0.39 is 0 Å². The molecule has 17 heavy (non-hydrogen) atoms. The molecule has 0 aliphatic rings. The van der Waals surface area contributed by atoms with Gasteiger partial charge in [-0.05, 0) is 12.8 Å². The molecule has 0 saturated heterocycles. The van der Waals surface area contributed by atoms with Crippen LogP contribution in [0.15, 0.2) is 0 Å². The summed E-state index contributed by atoms with van der Waals surface area (Å²) in [6, 6.07) is 0. The van der Waals surface area contributed by atoms with Crippen molar-refractivity contribution in [1.29, 1.82) is 0 Å². The molecular weight excluding hydrogens is 212 g/mol. The van der Waals surface area contributed by atoms with Crippen LogP contribution in [-0.2, 0) is 0 Å². The van der Waals surface area contributed by atoms with E-state index in [1.54, 1.807) is 0 Å². The Bertz CT molecular complexity index is 153. The Hall–Kier alpha value is -0.0800. The quantitative estimate of drug-likeness (QED) is 0.511. The van der Waals surface area contributed by atoms with E-state index in [0.29, 0.717) is 0 Å². The fourth-order valence-corrected chi connectivity index (χ4v) is 2.48. The van der Waals surface area contributed by atoms with Gasteiger partial charge in [0.15, 0.2) is 0 Å². The van der Waals surface area contributed by atoms with E-state index in [2.05, 4.69) is 13.8 Å². The summed E-state index contributed by atoms with van der Waals surface area (Å²) in [5, 5.41) is 18.8. The van der Waals surface area contributed by atoms with Crippen LogP contribution in [0.3, 0.4) is 0 Å². The molecule has 0 saturated carbocycles. The van der Waals surface area contributed by atoms with Crippen LogP contribution in [0.5, 0.6) is 0 Å². The van der Waals surface area contributed by atoms with Crippen LogP contribution in [-0.4, -0.2) is 23.4 Å². The second-order valence-corrected chi connectivity index (χ2v) is 5.44. The predicted octanol–water partition coefficient (Wildman–Crippen LogP) is 3.90. The van der Waals surface area contributed by atoms with Crippen molar-refractivity contribution in [2.24, 2.45) is 5.41 Å². The summed E-state index contributed by atoms with van der Waals surface area (Å²) in [4.78, 5) is 0. The van der Waals surface area contributed by atoms with E-state index in [0.717, 1.165) is 25.7 Å². The van der Waals surface area contributed by atoms with Gasteiger partial charge in [0.05, 0.1) is 13.2 Å². The van der Waals surface area contributed by atoms with Gasteiger partial charge >= 0.3 is 0 Å². The maximum Gasteiger partial charge on any atom is 0.0509 e. The molecule has 0 aromatic rings. The summed E-state index contributed by atoms with van der Waals surface area (Å²) in [7, 11) is 0. The second kappa shape index (κ2) is 11.0. The molecule has 0 atom stereocenters. The molecule has 0 spiro atoms. The Labute approximate surface area is 107 Å². The third-order valence-electron chi connectivity index (χ3n) is 3.76. The van der Waals surface area contributed by atoms with Crippen molar-refractivity contribution in [3.8, 4) is 0 Å². The molecule has 0 unspecified atom stereocenters. The SMILES string of the molecule is CCCCCCCCCC(CO)(CO)CCC. The van der Waals surface area contributed by atoms with Crippen molar-refractivity contribution in [3.05, 3.63) is 0 Å². The zero-order chi connectivity index (χ0) is 13.0. The van der Waals surface area contributed by atoms with Gasteiger partial charge < -0.3 is 10.2 Å². The van der Waals surface area contributed by atoms with Crippen LogP contribution in [0.2, 0.25) is 0 Å². The van der Waals surface area contributed by atoms with Crippen molar-refractivity contribution >= 4 is 0 Å². The Morgan fingerprint density at radius 1 is 0.647 bits per heavy atom. The first kappa shape index (κ1) is 16.9. The van der Waals surface area contributed by atoms with Gasteiger partial charge in [0.1, 0.15) is 0 Å². The monoisotopic (exact) mass is 244 g/mol. The highest BCUT2D eigenvalue weighted by atomic mass is 16.3. The average Bonchev–Trinajstić information content (AvgIpc) is 2.36. The molecule has 0 fully saturated rings. The van der Waals surface area contributed by atoms with Gasteiger partial charge in [-0.1, -0.05) is 65.2 Å². The number of unbranched alkanes of at least 4 members (excludes halogenated alkanes) is 6. The van der Waals surface area contributed by atoms with Crippen molar-refractivity contribution in [3.63, 3.8) is 0 Å². The van der Waals surface area contributed by atoms with E-state index >= 15 is 0 Å². The smallest absolute Gasteiger partial charge is 0.0509 e. The van der Waals surface area contributed by atoms with Crippen molar-refractivity contribution in [2.45, 2.75) is 78.1 Å². The summed E-state index contributed by atoms with van der Waals surface area (Å²) in [5.74, 6) is 0. The number of rotatable bonds is 12. The molecule has 0 heterocycles. The average molecular weight is 244 g/mol. The minimum atomic E-state index is -0.210. The third-order valence-corrected chi connectivity index (χ3v) is 3.76. The fraction of sp³-hybridized carbons (Fsp3) is 1.00. The lowest BCUT2D eigenvalue weighted by molar-refractivity contribution is 0.0369. The largest absolute Gasteiger partial charge is 0.396 e. The van der Waals surface area contributed by atoms with Crippen LogP contribution in [0.25, 0.3) is 0 Å². The van der Waals surface area contributed by atoms with Crippen LogP contribution in [0.4, 0.5) is 0 Å². The lowest BCUT2D eigenvalue weighted by Gasteiger charge is -2.29. The van der Waals surface area contributed by atoms with Gasteiger partial charge in [0.2, 0.25) is 0 Å². The van der Waals surface area contributed by atoms with Crippen LogP contribution in [0.1, 0.15) is 78.1 Å². The van der Waals surface area contributed by atoms with Gasteiger partial charge in [-0.15, -0.1) is 0 Å². The Morgan fingerprint density at radius 3 is 1.65 bits per heavy atom. The van der Waals surface area contributed by atoms with Crippen LogP contribution in [0, 0.1) is 5.41 Å². The highest BCUT2D eigenvalue weighted by molar-refractivity contribution is 4.77. The number of hydrogen-bond acceptors (Lipinski definition) is 2. The molecule has 0 amide bonds. The normalized spacial score (nSPS) is 12.0.